The average molecular weight is 433 g/mol. The molecule has 0 saturated heterocycles. The molecule has 0 unspecified atom stereocenters. The molecule has 0 atom stereocenters. The Labute approximate surface area is 156 Å². The molecule has 0 bridgehead atoms. The van der Waals surface area contributed by atoms with Gasteiger partial charge in [-0.3, -0.25) is 4.99 Å². The summed E-state index contributed by atoms with van der Waals surface area (Å²) in [4.78, 5) is 4.63. The van der Waals surface area contributed by atoms with Gasteiger partial charge in [0.05, 0.1) is 13.7 Å². The van der Waals surface area contributed by atoms with Crippen molar-refractivity contribution in [3.63, 3.8) is 0 Å². The van der Waals surface area contributed by atoms with Gasteiger partial charge in [-0.25, -0.2) is 0 Å². The normalized spacial score (nSPS) is 14.0. The maximum absolute atomic E-state index is 5.61. The number of anilines is 1. The number of hydrogen-bond donors (Lipinski definition) is 2. The average Bonchev–Trinajstić information content (AvgIpc) is 3.32. The third-order valence-corrected chi connectivity index (χ3v) is 3.57. The van der Waals surface area contributed by atoms with E-state index >= 15 is 0 Å². The van der Waals surface area contributed by atoms with Crippen molar-refractivity contribution in [2.45, 2.75) is 33.1 Å². The van der Waals surface area contributed by atoms with Crippen molar-refractivity contribution in [3.8, 4) is 11.5 Å². The van der Waals surface area contributed by atoms with Crippen LogP contribution in [0.2, 0.25) is 0 Å². The summed E-state index contributed by atoms with van der Waals surface area (Å²) < 4.78 is 10.9. The molecular weight excluding hydrogens is 405 g/mol. The Hall–Kier alpha value is -1.18. The number of ether oxygens (including phenoxy) is 2. The zero-order valence-electron chi connectivity index (χ0n) is 14.2. The van der Waals surface area contributed by atoms with Gasteiger partial charge < -0.3 is 20.1 Å². The van der Waals surface area contributed by atoms with E-state index in [4.69, 9.17) is 9.47 Å². The van der Waals surface area contributed by atoms with Crippen LogP contribution in [0, 0.1) is 5.92 Å². The second kappa shape index (κ2) is 10.6. The lowest BCUT2D eigenvalue weighted by Gasteiger charge is -2.14. The van der Waals surface area contributed by atoms with Crippen molar-refractivity contribution < 1.29 is 9.47 Å². The minimum Gasteiger partial charge on any atom is -0.493 e. The minimum atomic E-state index is 0. The maximum atomic E-state index is 5.61. The Kier molecular flexibility index (Phi) is 9.13. The van der Waals surface area contributed by atoms with E-state index in [2.05, 4.69) is 22.5 Å². The molecule has 0 aromatic heterocycles. The molecule has 0 spiro atoms. The predicted molar refractivity (Wildman–Crippen MR) is 107 cm³/mol. The fourth-order valence-electron chi connectivity index (χ4n) is 2.23. The van der Waals surface area contributed by atoms with Gasteiger partial charge in [0.15, 0.2) is 17.5 Å². The van der Waals surface area contributed by atoms with E-state index in [0.29, 0.717) is 6.61 Å². The number of rotatable bonds is 8. The Morgan fingerprint density at radius 3 is 2.65 bits per heavy atom. The third kappa shape index (κ3) is 6.85. The zero-order valence-corrected chi connectivity index (χ0v) is 16.6. The van der Waals surface area contributed by atoms with E-state index in [0.717, 1.165) is 42.2 Å². The monoisotopic (exact) mass is 433 g/mol. The molecule has 1 aromatic carbocycles. The molecule has 0 radical (unpaired) electrons. The first kappa shape index (κ1) is 19.9. The van der Waals surface area contributed by atoms with Crippen LogP contribution in [0.3, 0.4) is 0 Å². The van der Waals surface area contributed by atoms with Crippen molar-refractivity contribution in [3.05, 3.63) is 18.2 Å². The summed E-state index contributed by atoms with van der Waals surface area (Å²) in [7, 11) is 1.65. The van der Waals surface area contributed by atoms with E-state index in [1.165, 1.54) is 19.3 Å². The molecule has 0 amide bonds. The van der Waals surface area contributed by atoms with Crippen LogP contribution >= 0.6 is 24.0 Å². The van der Waals surface area contributed by atoms with Gasteiger partial charge in [-0.1, -0.05) is 12.8 Å². The molecule has 6 heteroatoms. The maximum Gasteiger partial charge on any atom is 0.195 e. The number of nitrogens with one attached hydrogen (secondary N) is 2. The topological polar surface area (TPSA) is 54.9 Å². The van der Waals surface area contributed by atoms with Crippen molar-refractivity contribution in [1.29, 1.82) is 0 Å². The van der Waals surface area contributed by atoms with Crippen LogP contribution in [0.15, 0.2) is 23.2 Å². The van der Waals surface area contributed by atoms with Gasteiger partial charge in [0.2, 0.25) is 0 Å². The van der Waals surface area contributed by atoms with Crippen LogP contribution in [0.25, 0.3) is 0 Å². The molecular formula is C17H28IN3O2. The molecule has 1 aromatic rings. The Bertz CT molecular complexity index is 505. The van der Waals surface area contributed by atoms with E-state index in [1.54, 1.807) is 7.11 Å². The van der Waals surface area contributed by atoms with Crippen molar-refractivity contribution in [2.24, 2.45) is 10.9 Å². The second-order valence-electron chi connectivity index (χ2n) is 5.42. The van der Waals surface area contributed by atoms with Crippen LogP contribution in [-0.2, 0) is 0 Å². The highest BCUT2D eigenvalue weighted by Gasteiger charge is 2.20. The van der Waals surface area contributed by atoms with E-state index < -0.39 is 0 Å². The number of benzene rings is 1. The van der Waals surface area contributed by atoms with E-state index in [1.807, 2.05) is 25.1 Å². The number of methoxy groups -OCH3 is 1. The van der Waals surface area contributed by atoms with E-state index in [9.17, 15) is 0 Å². The van der Waals surface area contributed by atoms with Gasteiger partial charge >= 0.3 is 0 Å². The minimum absolute atomic E-state index is 0. The molecule has 1 fully saturated rings. The lowest BCUT2D eigenvalue weighted by molar-refractivity contribution is 0.311. The summed E-state index contributed by atoms with van der Waals surface area (Å²) in [5.74, 6) is 3.19. The summed E-state index contributed by atoms with van der Waals surface area (Å²) in [5.41, 5.74) is 0.940. The predicted octanol–water partition coefficient (Wildman–Crippen LogP) is 3.89. The van der Waals surface area contributed by atoms with Crippen LogP contribution in [-0.4, -0.2) is 32.8 Å². The summed E-state index contributed by atoms with van der Waals surface area (Å²) in [5, 5.41) is 6.60. The first-order chi connectivity index (χ1) is 10.8. The smallest absolute Gasteiger partial charge is 0.195 e. The largest absolute Gasteiger partial charge is 0.493 e. The molecule has 1 saturated carbocycles. The molecule has 0 heterocycles. The van der Waals surface area contributed by atoms with Gasteiger partial charge in [0.25, 0.3) is 0 Å². The number of guanidine groups is 1. The summed E-state index contributed by atoms with van der Waals surface area (Å²) in [6.07, 6.45) is 3.93. The lowest BCUT2D eigenvalue weighted by atomic mass is 10.2. The quantitative estimate of drug-likeness (QED) is 0.371. The van der Waals surface area contributed by atoms with Gasteiger partial charge in [-0.2, -0.15) is 0 Å². The number of hydrogen-bond acceptors (Lipinski definition) is 3. The molecule has 2 rings (SSSR count). The van der Waals surface area contributed by atoms with Crippen molar-refractivity contribution in [1.82, 2.24) is 5.32 Å². The number of nitrogens with zero attached hydrogens (tertiary/aromatic N) is 1. The van der Waals surface area contributed by atoms with Crippen molar-refractivity contribution >= 4 is 35.6 Å². The highest BCUT2D eigenvalue weighted by atomic mass is 127. The van der Waals surface area contributed by atoms with E-state index in [-0.39, 0.29) is 24.0 Å². The SMILES string of the molecule is CCNC(=NCCC1CC1)Nc1ccc(OC)c(OCC)c1.I. The Morgan fingerprint density at radius 1 is 1.26 bits per heavy atom. The first-order valence-electron chi connectivity index (χ1n) is 8.13. The fourth-order valence-corrected chi connectivity index (χ4v) is 2.23. The molecule has 23 heavy (non-hydrogen) atoms. The summed E-state index contributed by atoms with van der Waals surface area (Å²) in [6.45, 7) is 6.34. The first-order valence-corrected chi connectivity index (χ1v) is 8.13. The standard InChI is InChI=1S/C17H27N3O2.HI/c1-4-18-17(19-11-10-13-6-7-13)20-14-8-9-15(21-3)16(12-14)22-5-2;/h8-9,12-13H,4-7,10-11H2,1-3H3,(H2,18,19,20);1H. The third-order valence-electron chi connectivity index (χ3n) is 3.57. The van der Waals surface area contributed by atoms with Crippen LogP contribution < -0.4 is 20.1 Å². The van der Waals surface area contributed by atoms with Gasteiger partial charge in [-0.15, -0.1) is 24.0 Å². The zero-order chi connectivity index (χ0) is 15.8. The second-order valence-corrected chi connectivity index (χ2v) is 5.42. The van der Waals surface area contributed by atoms with Gasteiger partial charge in [0.1, 0.15) is 0 Å². The molecule has 5 nitrogen and oxygen atoms in total. The van der Waals surface area contributed by atoms with Gasteiger partial charge in [0, 0.05) is 24.8 Å². The van der Waals surface area contributed by atoms with Crippen LogP contribution in [0.1, 0.15) is 33.1 Å². The highest BCUT2D eigenvalue weighted by molar-refractivity contribution is 14.0. The molecule has 1 aliphatic rings. The highest BCUT2D eigenvalue weighted by Crippen LogP contribution is 2.32. The Balaban J connectivity index is 0.00000264. The Morgan fingerprint density at radius 2 is 2.04 bits per heavy atom. The molecule has 1 aliphatic carbocycles. The summed E-state index contributed by atoms with van der Waals surface area (Å²) in [6, 6.07) is 5.81. The molecule has 2 N–H and O–H groups in total. The lowest BCUT2D eigenvalue weighted by Crippen LogP contribution is -2.30. The molecule has 0 aliphatic heterocycles. The fraction of sp³-hybridized carbons (Fsp3) is 0.588. The summed E-state index contributed by atoms with van der Waals surface area (Å²) >= 11 is 0. The van der Waals surface area contributed by atoms with Crippen molar-refractivity contribution in [2.75, 3.05) is 32.1 Å². The van der Waals surface area contributed by atoms with Crippen LogP contribution in [0.4, 0.5) is 5.69 Å². The van der Waals surface area contributed by atoms with Gasteiger partial charge in [-0.05, 0) is 38.3 Å². The molecule has 130 valence electrons. The number of halogens is 1. The number of aliphatic imine (C=N–C) groups is 1. The van der Waals surface area contributed by atoms with Crippen LogP contribution in [0.5, 0.6) is 11.5 Å².